The third-order valence-corrected chi connectivity index (χ3v) is 4.99. The standard InChI is InChI=1S/C11H11Cl2N3O2S/c12-7-3-8(13)10-9(4-7)15-11(16-19(10,17)18)14-5-6-1-2-6/h3-4,6H,1-2,5H2,(H2,14,15,16). The van der Waals surface area contributed by atoms with Gasteiger partial charge >= 0.3 is 0 Å². The van der Waals surface area contributed by atoms with Gasteiger partial charge in [-0.05, 0) is 30.9 Å². The molecule has 2 N–H and O–H groups in total. The lowest BCUT2D eigenvalue weighted by Crippen LogP contribution is -2.35. The Balaban J connectivity index is 1.96. The molecule has 0 amide bonds. The average Bonchev–Trinajstić information content (AvgIpc) is 3.06. The summed E-state index contributed by atoms with van der Waals surface area (Å²) in [7, 11) is -3.79. The fourth-order valence-corrected chi connectivity index (χ4v) is 3.79. The number of hydrogen-bond donors (Lipinski definition) is 2. The molecule has 5 nitrogen and oxygen atoms in total. The van der Waals surface area contributed by atoms with Crippen LogP contribution < -0.4 is 10.6 Å². The van der Waals surface area contributed by atoms with Gasteiger partial charge in [-0.3, -0.25) is 0 Å². The Kier molecular flexibility index (Phi) is 3.11. The maximum Gasteiger partial charge on any atom is 0.289 e. The lowest BCUT2D eigenvalue weighted by molar-refractivity contribution is 0.597. The topological polar surface area (TPSA) is 70.6 Å². The van der Waals surface area contributed by atoms with Gasteiger partial charge in [-0.15, -0.1) is 4.40 Å². The molecule has 0 bridgehead atoms. The van der Waals surface area contributed by atoms with Crippen molar-refractivity contribution in [2.45, 2.75) is 17.7 Å². The first-order valence-corrected chi connectivity index (χ1v) is 8.00. The minimum atomic E-state index is -3.79. The van der Waals surface area contributed by atoms with Crippen LogP contribution in [-0.4, -0.2) is 20.9 Å². The number of benzene rings is 1. The molecule has 1 fully saturated rings. The van der Waals surface area contributed by atoms with Gasteiger partial charge < -0.3 is 10.6 Å². The second-order valence-corrected chi connectivity index (χ2v) is 7.01. The van der Waals surface area contributed by atoms with Crippen LogP contribution >= 0.6 is 23.2 Å². The van der Waals surface area contributed by atoms with Crippen LogP contribution in [0.5, 0.6) is 0 Å². The number of nitrogens with one attached hydrogen (secondary N) is 2. The van der Waals surface area contributed by atoms with E-state index in [1.165, 1.54) is 25.0 Å². The molecule has 0 radical (unpaired) electrons. The molecule has 1 aromatic carbocycles. The quantitative estimate of drug-likeness (QED) is 0.878. The van der Waals surface area contributed by atoms with E-state index < -0.39 is 10.0 Å². The fraction of sp³-hybridized carbons (Fsp3) is 0.364. The predicted octanol–water partition coefficient (Wildman–Crippen LogP) is 2.46. The van der Waals surface area contributed by atoms with Gasteiger partial charge in [0.15, 0.2) is 0 Å². The first-order chi connectivity index (χ1) is 8.95. The third kappa shape index (κ3) is 2.66. The smallest absolute Gasteiger partial charge is 0.289 e. The summed E-state index contributed by atoms with van der Waals surface area (Å²) in [6.45, 7) is 0.713. The number of nitrogens with zero attached hydrogens (tertiary/aromatic N) is 1. The van der Waals surface area contributed by atoms with E-state index >= 15 is 0 Å². The van der Waals surface area contributed by atoms with Gasteiger partial charge in [0.25, 0.3) is 10.0 Å². The van der Waals surface area contributed by atoms with E-state index in [2.05, 4.69) is 15.0 Å². The van der Waals surface area contributed by atoms with Gasteiger partial charge in [-0.1, -0.05) is 23.2 Å². The molecule has 1 aromatic rings. The number of rotatable bonds is 2. The molecular formula is C11H11Cl2N3O2S. The van der Waals surface area contributed by atoms with Crippen LogP contribution in [0.1, 0.15) is 12.8 Å². The molecule has 1 aliphatic heterocycles. The number of anilines is 1. The highest BCUT2D eigenvalue weighted by molar-refractivity contribution is 7.90. The predicted molar refractivity (Wildman–Crippen MR) is 75.4 cm³/mol. The van der Waals surface area contributed by atoms with Gasteiger partial charge in [-0.25, -0.2) is 0 Å². The van der Waals surface area contributed by atoms with Crippen LogP contribution in [-0.2, 0) is 10.0 Å². The molecule has 102 valence electrons. The maximum atomic E-state index is 12.1. The van der Waals surface area contributed by atoms with E-state index in [9.17, 15) is 8.42 Å². The van der Waals surface area contributed by atoms with Gasteiger partial charge in [0.05, 0.1) is 10.7 Å². The Labute approximate surface area is 121 Å². The van der Waals surface area contributed by atoms with Crippen LogP contribution in [0.4, 0.5) is 5.69 Å². The lowest BCUT2D eigenvalue weighted by Gasteiger charge is -2.20. The molecule has 1 saturated carbocycles. The Hall–Kier alpha value is -0.980. The summed E-state index contributed by atoms with van der Waals surface area (Å²) < 4.78 is 27.8. The zero-order chi connectivity index (χ0) is 13.6. The fourth-order valence-electron chi connectivity index (χ4n) is 1.87. The number of guanidine groups is 1. The van der Waals surface area contributed by atoms with Crippen molar-refractivity contribution in [3.8, 4) is 0 Å². The zero-order valence-electron chi connectivity index (χ0n) is 9.78. The highest BCUT2D eigenvalue weighted by Gasteiger charge is 2.29. The Morgan fingerprint density at radius 2 is 2.11 bits per heavy atom. The second kappa shape index (κ2) is 4.54. The van der Waals surface area contributed by atoms with Crippen LogP contribution in [0.15, 0.2) is 21.4 Å². The summed E-state index contributed by atoms with van der Waals surface area (Å²) in [6, 6.07) is 2.91. The van der Waals surface area contributed by atoms with E-state index in [1.807, 2.05) is 0 Å². The van der Waals surface area contributed by atoms with Gasteiger partial charge in [0.2, 0.25) is 5.96 Å². The number of fused-ring (bicyclic) bond motifs is 1. The first kappa shape index (κ1) is 13.0. The van der Waals surface area contributed by atoms with Crippen molar-refractivity contribution in [2.75, 3.05) is 11.9 Å². The molecule has 0 unspecified atom stereocenters. The molecule has 19 heavy (non-hydrogen) atoms. The largest absolute Gasteiger partial charge is 0.355 e. The van der Waals surface area contributed by atoms with Crippen molar-refractivity contribution < 1.29 is 8.42 Å². The third-order valence-electron chi connectivity index (χ3n) is 2.99. The van der Waals surface area contributed by atoms with E-state index in [-0.39, 0.29) is 15.9 Å². The normalized spacial score (nSPS) is 20.2. The molecule has 8 heteroatoms. The second-order valence-electron chi connectivity index (χ2n) is 4.63. The Morgan fingerprint density at radius 1 is 1.37 bits per heavy atom. The molecule has 0 atom stereocenters. The summed E-state index contributed by atoms with van der Waals surface area (Å²) in [5.74, 6) is 0.828. The highest BCUT2D eigenvalue weighted by Crippen LogP contribution is 2.36. The number of hydrogen-bond acceptors (Lipinski definition) is 4. The molecular weight excluding hydrogens is 309 g/mol. The SMILES string of the molecule is O=S1(=O)N=C(NCC2CC2)Nc2cc(Cl)cc(Cl)c21. The average molecular weight is 320 g/mol. The molecule has 3 rings (SSSR count). The van der Waals surface area contributed by atoms with Gasteiger partial charge in [0, 0.05) is 11.6 Å². The van der Waals surface area contributed by atoms with Gasteiger partial charge in [0.1, 0.15) is 4.90 Å². The summed E-state index contributed by atoms with van der Waals surface area (Å²) in [5.41, 5.74) is 0.353. The minimum absolute atomic E-state index is 0.0319. The zero-order valence-corrected chi connectivity index (χ0v) is 12.1. The van der Waals surface area contributed by atoms with Crippen LogP contribution in [0.2, 0.25) is 10.0 Å². The minimum Gasteiger partial charge on any atom is -0.355 e. The van der Waals surface area contributed by atoms with Crippen molar-refractivity contribution in [3.05, 3.63) is 22.2 Å². The summed E-state index contributed by atoms with van der Waals surface area (Å²) in [6.07, 6.45) is 2.34. The number of halogens is 2. The molecule has 2 aliphatic rings. The summed E-state index contributed by atoms with van der Waals surface area (Å²) in [4.78, 5) is -0.0319. The molecule has 0 spiro atoms. The van der Waals surface area contributed by atoms with E-state index in [1.54, 1.807) is 0 Å². The van der Waals surface area contributed by atoms with Gasteiger partial charge in [-0.2, -0.15) is 8.42 Å². The number of sulfonamides is 1. The van der Waals surface area contributed by atoms with E-state index in [0.29, 0.717) is 23.2 Å². The highest BCUT2D eigenvalue weighted by atomic mass is 35.5. The lowest BCUT2D eigenvalue weighted by atomic mass is 10.3. The molecule has 1 aliphatic carbocycles. The van der Waals surface area contributed by atoms with Crippen molar-refractivity contribution in [1.29, 1.82) is 0 Å². The Bertz CT molecular complexity index is 669. The van der Waals surface area contributed by atoms with Crippen molar-refractivity contribution >= 4 is 44.9 Å². The van der Waals surface area contributed by atoms with Crippen LogP contribution in [0, 0.1) is 5.92 Å². The molecule has 0 saturated heterocycles. The molecule has 0 aromatic heterocycles. The summed E-state index contributed by atoms with van der Waals surface area (Å²) >= 11 is 11.8. The maximum absolute atomic E-state index is 12.1. The van der Waals surface area contributed by atoms with Crippen LogP contribution in [0.25, 0.3) is 0 Å². The van der Waals surface area contributed by atoms with E-state index in [0.717, 1.165) is 0 Å². The first-order valence-electron chi connectivity index (χ1n) is 5.80. The van der Waals surface area contributed by atoms with Crippen LogP contribution in [0.3, 0.4) is 0 Å². The summed E-state index contributed by atoms with van der Waals surface area (Å²) in [5, 5.41) is 6.34. The molecule has 1 heterocycles. The Morgan fingerprint density at radius 3 is 2.79 bits per heavy atom. The van der Waals surface area contributed by atoms with Crippen molar-refractivity contribution in [2.24, 2.45) is 10.3 Å². The monoisotopic (exact) mass is 319 g/mol. The van der Waals surface area contributed by atoms with E-state index in [4.69, 9.17) is 23.2 Å². The van der Waals surface area contributed by atoms with Crippen molar-refractivity contribution in [3.63, 3.8) is 0 Å². The van der Waals surface area contributed by atoms with Crippen molar-refractivity contribution in [1.82, 2.24) is 5.32 Å².